The predicted octanol–water partition coefficient (Wildman–Crippen LogP) is 3.19. The monoisotopic (exact) mass is 303 g/mol. The topological polar surface area (TPSA) is 50.9 Å². The van der Waals surface area contributed by atoms with E-state index in [1.54, 1.807) is 11.3 Å². The summed E-state index contributed by atoms with van der Waals surface area (Å²) in [5, 5.41) is 5.51. The molecule has 0 saturated carbocycles. The lowest BCUT2D eigenvalue weighted by atomic mass is 10.1. The van der Waals surface area contributed by atoms with Gasteiger partial charge in [0.2, 0.25) is 0 Å². The number of aromatic nitrogens is 1. The van der Waals surface area contributed by atoms with Gasteiger partial charge >= 0.3 is 0 Å². The molecule has 1 aliphatic rings. The highest BCUT2D eigenvalue weighted by molar-refractivity contribution is 7.80. The highest BCUT2D eigenvalue weighted by atomic mass is 32.1. The Morgan fingerprint density at radius 3 is 3.05 bits per heavy atom. The zero-order valence-electron chi connectivity index (χ0n) is 11.4. The normalized spacial score (nSPS) is 13.2. The number of aryl methyl sites for hydroxylation is 3. The Bertz CT molecular complexity index is 661. The minimum atomic E-state index is 0.414. The Balaban J connectivity index is 1.88. The number of rotatable bonds is 4. The summed E-state index contributed by atoms with van der Waals surface area (Å²) in [4.78, 5) is 6.46. The summed E-state index contributed by atoms with van der Waals surface area (Å²) in [5.74, 6) is 0.825. The molecule has 1 aliphatic carbocycles. The highest BCUT2D eigenvalue weighted by Crippen LogP contribution is 2.26. The van der Waals surface area contributed by atoms with Gasteiger partial charge in [-0.3, -0.25) is 0 Å². The van der Waals surface area contributed by atoms with E-state index < -0.39 is 0 Å². The summed E-state index contributed by atoms with van der Waals surface area (Å²) in [6.07, 6.45) is 3.31. The highest BCUT2D eigenvalue weighted by Gasteiger charge is 2.17. The van der Waals surface area contributed by atoms with Gasteiger partial charge in [0.25, 0.3) is 0 Å². The number of hydrogen-bond donors (Lipinski definition) is 2. The molecule has 3 nitrogen and oxygen atoms in total. The van der Waals surface area contributed by atoms with Crippen molar-refractivity contribution in [2.45, 2.75) is 32.7 Å². The van der Waals surface area contributed by atoms with Gasteiger partial charge in [0.05, 0.1) is 12.1 Å². The molecule has 0 radical (unpaired) electrons. The largest absolute Gasteiger partial charge is 0.389 e. The molecule has 0 aliphatic heterocycles. The first-order valence-corrected chi connectivity index (χ1v) is 8.03. The Labute approximate surface area is 128 Å². The van der Waals surface area contributed by atoms with Crippen LogP contribution in [0.4, 0.5) is 5.82 Å². The maximum atomic E-state index is 5.84. The number of nitrogens with two attached hydrogens (primary N) is 1. The Morgan fingerprint density at radius 1 is 1.50 bits per heavy atom. The van der Waals surface area contributed by atoms with E-state index in [-0.39, 0.29) is 0 Å². The van der Waals surface area contributed by atoms with E-state index in [0.717, 1.165) is 30.8 Å². The molecule has 2 aromatic rings. The third-order valence-corrected chi connectivity index (χ3v) is 4.94. The quantitative estimate of drug-likeness (QED) is 0.852. The second-order valence-corrected chi connectivity index (χ2v) is 6.53. The van der Waals surface area contributed by atoms with Crippen molar-refractivity contribution in [3.05, 3.63) is 44.8 Å². The van der Waals surface area contributed by atoms with Crippen LogP contribution in [-0.4, -0.2) is 9.97 Å². The van der Waals surface area contributed by atoms with E-state index in [1.165, 1.54) is 28.1 Å². The molecule has 0 bridgehead atoms. The fraction of sp³-hybridized carbons (Fsp3) is 0.333. The van der Waals surface area contributed by atoms with Crippen LogP contribution in [0.2, 0.25) is 0 Å². The van der Waals surface area contributed by atoms with E-state index in [9.17, 15) is 0 Å². The van der Waals surface area contributed by atoms with Crippen LogP contribution in [0.5, 0.6) is 0 Å². The van der Waals surface area contributed by atoms with Crippen LogP contribution in [0, 0.1) is 6.92 Å². The molecule has 20 heavy (non-hydrogen) atoms. The maximum Gasteiger partial charge on any atom is 0.136 e. The number of anilines is 1. The molecule has 0 aromatic carbocycles. The Kier molecular flexibility index (Phi) is 3.72. The van der Waals surface area contributed by atoms with E-state index >= 15 is 0 Å². The van der Waals surface area contributed by atoms with Crippen LogP contribution in [0.1, 0.15) is 33.7 Å². The summed E-state index contributed by atoms with van der Waals surface area (Å²) < 4.78 is 0. The average molecular weight is 303 g/mol. The smallest absolute Gasteiger partial charge is 0.136 e. The molecule has 0 fully saturated rings. The van der Waals surface area contributed by atoms with E-state index in [2.05, 4.69) is 29.8 Å². The second kappa shape index (κ2) is 5.50. The van der Waals surface area contributed by atoms with Gasteiger partial charge in [-0.1, -0.05) is 12.2 Å². The first-order chi connectivity index (χ1) is 9.65. The maximum absolute atomic E-state index is 5.84. The lowest BCUT2D eigenvalue weighted by Crippen LogP contribution is -2.15. The first-order valence-electron chi connectivity index (χ1n) is 6.74. The number of nitrogens with zero attached hydrogens (tertiary/aromatic N) is 1. The van der Waals surface area contributed by atoms with Crippen LogP contribution >= 0.6 is 23.6 Å². The van der Waals surface area contributed by atoms with E-state index in [4.69, 9.17) is 22.9 Å². The minimum Gasteiger partial charge on any atom is -0.389 e. The number of nitrogens with one attached hydrogen (secondary N) is 1. The molecular formula is C15H17N3S2. The molecule has 2 aromatic heterocycles. The van der Waals surface area contributed by atoms with Crippen molar-refractivity contribution in [2.75, 3.05) is 5.32 Å². The van der Waals surface area contributed by atoms with Crippen molar-refractivity contribution in [1.82, 2.24) is 4.98 Å². The van der Waals surface area contributed by atoms with Crippen molar-refractivity contribution >= 4 is 34.4 Å². The van der Waals surface area contributed by atoms with Crippen molar-refractivity contribution in [3.63, 3.8) is 0 Å². The summed E-state index contributed by atoms with van der Waals surface area (Å²) in [6.45, 7) is 2.89. The standard InChI is InChI=1S/C15H17N3S2/c1-9-5-6-20-13(9)8-17-15-11(14(16)19)7-10-3-2-4-12(10)18-15/h5-7H,2-4,8H2,1H3,(H2,16,19)(H,17,18). The lowest BCUT2D eigenvalue weighted by Gasteiger charge is -2.12. The fourth-order valence-corrected chi connectivity index (χ4v) is 3.55. The number of thiocarbonyl (C=S) groups is 1. The van der Waals surface area contributed by atoms with E-state index in [1.807, 2.05) is 0 Å². The van der Waals surface area contributed by atoms with Crippen molar-refractivity contribution in [2.24, 2.45) is 5.73 Å². The number of thiophene rings is 1. The molecule has 104 valence electrons. The van der Waals surface area contributed by atoms with Gasteiger partial charge in [0.15, 0.2) is 0 Å². The predicted molar refractivity (Wildman–Crippen MR) is 88.5 cm³/mol. The fourth-order valence-electron chi connectivity index (χ4n) is 2.54. The molecular weight excluding hydrogens is 286 g/mol. The van der Waals surface area contributed by atoms with Crippen molar-refractivity contribution in [1.29, 1.82) is 0 Å². The van der Waals surface area contributed by atoms with Crippen molar-refractivity contribution in [3.8, 4) is 0 Å². The van der Waals surface area contributed by atoms with Gasteiger partial charge < -0.3 is 11.1 Å². The van der Waals surface area contributed by atoms with Crippen LogP contribution in [0.15, 0.2) is 17.5 Å². The lowest BCUT2D eigenvalue weighted by molar-refractivity contribution is 0.899. The molecule has 3 rings (SSSR count). The molecule has 5 heteroatoms. The van der Waals surface area contributed by atoms with Crippen molar-refractivity contribution < 1.29 is 0 Å². The molecule has 0 atom stereocenters. The Hall–Kier alpha value is -1.46. The average Bonchev–Trinajstić information content (AvgIpc) is 3.03. The minimum absolute atomic E-state index is 0.414. The number of pyridine rings is 1. The summed E-state index contributed by atoms with van der Waals surface area (Å²) in [6, 6.07) is 4.24. The molecule has 0 saturated heterocycles. The van der Waals surface area contributed by atoms with Gasteiger partial charge in [-0.25, -0.2) is 4.98 Å². The second-order valence-electron chi connectivity index (χ2n) is 5.09. The third-order valence-electron chi connectivity index (χ3n) is 3.70. The molecule has 0 amide bonds. The van der Waals surface area contributed by atoms with Gasteiger partial charge in [0, 0.05) is 10.6 Å². The van der Waals surface area contributed by atoms with Gasteiger partial charge in [0.1, 0.15) is 10.8 Å². The van der Waals surface area contributed by atoms with Gasteiger partial charge in [-0.2, -0.15) is 0 Å². The van der Waals surface area contributed by atoms with Crippen LogP contribution in [-0.2, 0) is 19.4 Å². The molecule has 3 N–H and O–H groups in total. The molecule has 2 heterocycles. The van der Waals surface area contributed by atoms with Crippen LogP contribution in [0.3, 0.4) is 0 Å². The summed E-state index contributed by atoms with van der Waals surface area (Å²) in [7, 11) is 0. The summed E-state index contributed by atoms with van der Waals surface area (Å²) >= 11 is 6.92. The van der Waals surface area contributed by atoms with E-state index in [0.29, 0.717) is 4.99 Å². The molecule has 0 spiro atoms. The Morgan fingerprint density at radius 2 is 2.35 bits per heavy atom. The van der Waals surface area contributed by atoms with Gasteiger partial charge in [-0.15, -0.1) is 11.3 Å². The summed E-state index contributed by atoms with van der Waals surface area (Å²) in [5.41, 5.74) is 10.5. The zero-order chi connectivity index (χ0) is 14.1. The van der Waals surface area contributed by atoms with Gasteiger partial charge in [-0.05, 0) is 54.8 Å². The zero-order valence-corrected chi connectivity index (χ0v) is 13.0. The SMILES string of the molecule is Cc1ccsc1CNc1nc2c(cc1C(N)=S)CCC2. The number of fused-ring (bicyclic) bond motifs is 1. The third kappa shape index (κ3) is 2.55. The van der Waals surface area contributed by atoms with Crippen LogP contribution < -0.4 is 11.1 Å². The first kappa shape index (κ1) is 13.5. The number of hydrogen-bond acceptors (Lipinski definition) is 4. The molecule has 0 unspecified atom stereocenters. The van der Waals surface area contributed by atoms with Crippen LogP contribution in [0.25, 0.3) is 0 Å².